The number of benzene rings is 1. The standard InChI is InChI=1S/C11H15N2O/c1-12(2)8-9-13(10-14)11-6-4-3-5-7-11/h4-7,10H,8-9H2,1-2H3. The van der Waals surface area contributed by atoms with Gasteiger partial charge in [-0.05, 0) is 32.3 Å². The average Bonchev–Trinajstić information content (AvgIpc) is 2.20. The Bertz CT molecular complexity index is 272. The minimum atomic E-state index is 0.709. The van der Waals surface area contributed by atoms with Gasteiger partial charge in [-0.2, -0.15) is 0 Å². The Kier molecular flexibility index (Phi) is 4.13. The molecule has 0 fully saturated rings. The molecule has 3 heteroatoms. The van der Waals surface area contributed by atoms with Gasteiger partial charge in [-0.3, -0.25) is 4.79 Å². The predicted octanol–water partition coefficient (Wildman–Crippen LogP) is 1.01. The van der Waals surface area contributed by atoms with Crippen molar-refractivity contribution in [1.29, 1.82) is 0 Å². The SMILES string of the molecule is CN(C)CCN(C=O)c1cc[c]cc1. The quantitative estimate of drug-likeness (QED) is 0.648. The molecule has 0 saturated heterocycles. The zero-order valence-electron chi connectivity index (χ0n) is 8.60. The minimum absolute atomic E-state index is 0.709. The summed E-state index contributed by atoms with van der Waals surface area (Å²) in [6.45, 7) is 1.57. The molecule has 0 saturated carbocycles. The van der Waals surface area contributed by atoms with E-state index in [0.29, 0.717) is 6.54 Å². The third-order valence-corrected chi connectivity index (χ3v) is 1.95. The fraction of sp³-hybridized carbons (Fsp3) is 0.364. The van der Waals surface area contributed by atoms with Gasteiger partial charge >= 0.3 is 0 Å². The number of likely N-dealkylation sites (N-methyl/N-ethyl adjacent to an activating group) is 1. The van der Waals surface area contributed by atoms with Crippen molar-refractivity contribution in [3.8, 4) is 0 Å². The molecule has 1 radical (unpaired) electrons. The highest BCUT2D eigenvalue weighted by atomic mass is 16.1. The van der Waals surface area contributed by atoms with Crippen molar-refractivity contribution < 1.29 is 4.79 Å². The van der Waals surface area contributed by atoms with Crippen molar-refractivity contribution in [2.75, 3.05) is 32.1 Å². The van der Waals surface area contributed by atoms with Gasteiger partial charge in [0.05, 0.1) is 0 Å². The number of hydrogen-bond acceptors (Lipinski definition) is 2. The molecule has 0 aliphatic carbocycles. The summed E-state index contributed by atoms with van der Waals surface area (Å²) in [7, 11) is 3.98. The largest absolute Gasteiger partial charge is 0.314 e. The van der Waals surface area contributed by atoms with E-state index < -0.39 is 0 Å². The number of amides is 1. The highest BCUT2D eigenvalue weighted by Gasteiger charge is 2.03. The van der Waals surface area contributed by atoms with Crippen LogP contribution < -0.4 is 4.90 Å². The molecule has 0 N–H and O–H groups in total. The van der Waals surface area contributed by atoms with Gasteiger partial charge in [0.15, 0.2) is 0 Å². The molecule has 3 nitrogen and oxygen atoms in total. The number of carbonyl (C=O) groups is 1. The Morgan fingerprint density at radius 2 is 1.93 bits per heavy atom. The van der Waals surface area contributed by atoms with Crippen LogP contribution in [0, 0.1) is 6.07 Å². The van der Waals surface area contributed by atoms with Crippen LogP contribution in [0.1, 0.15) is 0 Å². The van der Waals surface area contributed by atoms with Crippen molar-refractivity contribution in [3.05, 3.63) is 30.3 Å². The summed E-state index contributed by atoms with van der Waals surface area (Å²) < 4.78 is 0. The monoisotopic (exact) mass is 191 g/mol. The van der Waals surface area contributed by atoms with Gasteiger partial charge in [-0.1, -0.05) is 12.1 Å². The minimum Gasteiger partial charge on any atom is -0.314 e. The lowest BCUT2D eigenvalue weighted by Gasteiger charge is -2.19. The Labute approximate surface area is 84.9 Å². The second-order valence-electron chi connectivity index (χ2n) is 3.36. The van der Waals surface area contributed by atoms with Gasteiger partial charge in [-0.25, -0.2) is 0 Å². The van der Waals surface area contributed by atoms with E-state index in [-0.39, 0.29) is 0 Å². The van der Waals surface area contributed by atoms with E-state index in [4.69, 9.17) is 0 Å². The van der Waals surface area contributed by atoms with Crippen molar-refractivity contribution in [2.45, 2.75) is 0 Å². The summed E-state index contributed by atoms with van der Waals surface area (Å²) in [6, 6.07) is 10.3. The fourth-order valence-electron chi connectivity index (χ4n) is 1.12. The van der Waals surface area contributed by atoms with Gasteiger partial charge in [0.25, 0.3) is 0 Å². The Morgan fingerprint density at radius 1 is 1.29 bits per heavy atom. The van der Waals surface area contributed by atoms with E-state index in [0.717, 1.165) is 18.6 Å². The first-order chi connectivity index (χ1) is 6.74. The first kappa shape index (κ1) is 10.7. The summed E-state index contributed by atoms with van der Waals surface area (Å²) in [5, 5.41) is 0. The summed E-state index contributed by atoms with van der Waals surface area (Å²) in [6.07, 6.45) is 0.860. The van der Waals surface area contributed by atoms with Crippen LogP contribution in [-0.4, -0.2) is 38.5 Å². The van der Waals surface area contributed by atoms with E-state index >= 15 is 0 Å². The molecule has 14 heavy (non-hydrogen) atoms. The van der Waals surface area contributed by atoms with Gasteiger partial charge < -0.3 is 9.80 Å². The van der Waals surface area contributed by atoms with Gasteiger partial charge in [0.1, 0.15) is 0 Å². The molecule has 1 aromatic rings. The molecule has 0 unspecified atom stereocenters. The number of hydrogen-bond donors (Lipinski definition) is 0. The molecule has 0 spiro atoms. The topological polar surface area (TPSA) is 23.6 Å². The molecule has 1 rings (SSSR count). The molecule has 0 atom stereocenters. The van der Waals surface area contributed by atoms with E-state index in [1.165, 1.54) is 0 Å². The molecule has 0 heterocycles. The van der Waals surface area contributed by atoms with Crippen molar-refractivity contribution >= 4 is 12.1 Å². The molecular weight excluding hydrogens is 176 g/mol. The molecule has 0 aliphatic rings. The first-order valence-electron chi connectivity index (χ1n) is 4.57. The average molecular weight is 191 g/mol. The van der Waals surface area contributed by atoms with Crippen LogP contribution in [0.15, 0.2) is 24.3 Å². The lowest BCUT2D eigenvalue weighted by Crippen LogP contribution is -2.30. The number of rotatable bonds is 5. The third-order valence-electron chi connectivity index (χ3n) is 1.95. The van der Waals surface area contributed by atoms with Crippen molar-refractivity contribution in [1.82, 2.24) is 4.90 Å². The van der Waals surface area contributed by atoms with Gasteiger partial charge in [0, 0.05) is 18.8 Å². The summed E-state index contributed by atoms with van der Waals surface area (Å²) >= 11 is 0. The predicted molar refractivity (Wildman–Crippen MR) is 57.2 cm³/mol. The maximum Gasteiger partial charge on any atom is 0.214 e. The summed E-state index contributed by atoms with van der Waals surface area (Å²) in [4.78, 5) is 14.6. The van der Waals surface area contributed by atoms with Crippen LogP contribution in [0.5, 0.6) is 0 Å². The maximum atomic E-state index is 10.8. The number of carbonyl (C=O) groups excluding carboxylic acids is 1. The molecule has 1 amide bonds. The highest BCUT2D eigenvalue weighted by molar-refractivity contribution is 5.74. The first-order valence-corrected chi connectivity index (χ1v) is 4.57. The van der Waals surface area contributed by atoms with E-state index in [1.807, 2.05) is 43.3 Å². The number of nitrogens with zero attached hydrogens (tertiary/aromatic N) is 2. The molecule has 75 valence electrons. The van der Waals surface area contributed by atoms with E-state index in [1.54, 1.807) is 4.90 Å². The van der Waals surface area contributed by atoms with Crippen LogP contribution in [0.3, 0.4) is 0 Å². The molecular formula is C11H15N2O. The fourth-order valence-corrected chi connectivity index (χ4v) is 1.12. The van der Waals surface area contributed by atoms with Crippen LogP contribution >= 0.6 is 0 Å². The Balaban J connectivity index is 2.59. The van der Waals surface area contributed by atoms with Crippen molar-refractivity contribution in [3.63, 3.8) is 0 Å². The summed E-state index contributed by atoms with van der Waals surface area (Å²) in [5.41, 5.74) is 0.917. The zero-order chi connectivity index (χ0) is 10.4. The van der Waals surface area contributed by atoms with Crippen LogP contribution in [-0.2, 0) is 4.79 Å². The van der Waals surface area contributed by atoms with Gasteiger partial charge in [0.2, 0.25) is 6.41 Å². The zero-order valence-corrected chi connectivity index (χ0v) is 8.60. The second kappa shape index (κ2) is 5.40. The Morgan fingerprint density at radius 3 is 2.43 bits per heavy atom. The highest BCUT2D eigenvalue weighted by Crippen LogP contribution is 2.10. The molecule has 0 bridgehead atoms. The van der Waals surface area contributed by atoms with E-state index in [2.05, 4.69) is 6.07 Å². The lowest BCUT2D eigenvalue weighted by molar-refractivity contribution is -0.107. The molecule has 0 aromatic heterocycles. The van der Waals surface area contributed by atoms with Crippen LogP contribution in [0.2, 0.25) is 0 Å². The van der Waals surface area contributed by atoms with Crippen LogP contribution in [0.25, 0.3) is 0 Å². The van der Waals surface area contributed by atoms with Gasteiger partial charge in [-0.15, -0.1) is 0 Å². The Hall–Kier alpha value is -1.35. The molecule has 1 aromatic carbocycles. The van der Waals surface area contributed by atoms with E-state index in [9.17, 15) is 4.79 Å². The second-order valence-corrected chi connectivity index (χ2v) is 3.36. The maximum absolute atomic E-state index is 10.8. The van der Waals surface area contributed by atoms with Crippen LogP contribution in [0.4, 0.5) is 5.69 Å². The normalized spacial score (nSPS) is 10.2. The summed E-state index contributed by atoms with van der Waals surface area (Å²) in [5.74, 6) is 0. The molecule has 0 aliphatic heterocycles. The van der Waals surface area contributed by atoms with Crippen molar-refractivity contribution in [2.24, 2.45) is 0 Å². The smallest absolute Gasteiger partial charge is 0.214 e. The number of anilines is 1. The third kappa shape index (κ3) is 3.18. The lowest BCUT2D eigenvalue weighted by atomic mass is 10.3.